The Morgan fingerprint density at radius 2 is 1.76 bits per heavy atom. The molecule has 10 heteroatoms. The van der Waals surface area contributed by atoms with Gasteiger partial charge in [-0.3, -0.25) is 19.2 Å². The maximum absolute atomic E-state index is 13.5. The summed E-state index contributed by atoms with van der Waals surface area (Å²) in [7, 11) is -2.73. The van der Waals surface area contributed by atoms with Crippen molar-refractivity contribution in [1.29, 1.82) is 0 Å². The maximum atomic E-state index is 13.5. The summed E-state index contributed by atoms with van der Waals surface area (Å²) < 4.78 is 33.4. The molecular weight excluding hydrogens is 446 g/mol. The van der Waals surface area contributed by atoms with Crippen molar-refractivity contribution < 1.29 is 22.9 Å². The van der Waals surface area contributed by atoms with Gasteiger partial charge in [0.2, 0.25) is 5.91 Å². The average Bonchev–Trinajstić information content (AvgIpc) is 2.79. The number of benzene rings is 3. The lowest BCUT2D eigenvalue weighted by Crippen LogP contribution is -2.38. The van der Waals surface area contributed by atoms with E-state index in [-0.39, 0.29) is 33.3 Å². The smallest absolute Gasteiger partial charge is 0.274 e. The average molecular weight is 470 g/mol. The van der Waals surface area contributed by atoms with E-state index in [1.807, 2.05) is 0 Å². The van der Waals surface area contributed by atoms with E-state index in [1.165, 1.54) is 44.4 Å². The fraction of sp³-hybridized carbons (Fsp3) is 0.174. The fourth-order valence-electron chi connectivity index (χ4n) is 3.29. The summed E-state index contributed by atoms with van der Waals surface area (Å²) in [6.07, 6.45) is 0. The first-order valence-electron chi connectivity index (χ1n) is 9.91. The number of aryl methyl sites for hydroxylation is 1. The molecule has 1 amide bonds. The van der Waals surface area contributed by atoms with Gasteiger partial charge in [-0.25, -0.2) is 8.42 Å². The van der Waals surface area contributed by atoms with E-state index in [1.54, 1.807) is 43.3 Å². The van der Waals surface area contributed by atoms with E-state index < -0.39 is 27.4 Å². The largest absolute Gasteiger partial charge is 0.495 e. The Bertz CT molecular complexity index is 1290. The number of hydrogen-bond acceptors (Lipinski definition) is 6. The summed E-state index contributed by atoms with van der Waals surface area (Å²) in [5.41, 5.74) is 1.31. The third kappa shape index (κ3) is 5.12. The van der Waals surface area contributed by atoms with Crippen molar-refractivity contribution >= 4 is 33.0 Å². The molecule has 0 saturated heterocycles. The van der Waals surface area contributed by atoms with Crippen molar-refractivity contribution in [3.05, 3.63) is 88.0 Å². The van der Waals surface area contributed by atoms with E-state index in [4.69, 9.17) is 4.74 Å². The van der Waals surface area contributed by atoms with E-state index in [2.05, 4.69) is 5.32 Å². The number of methoxy groups -OCH3 is 1. The van der Waals surface area contributed by atoms with Crippen molar-refractivity contribution in [1.82, 2.24) is 0 Å². The van der Waals surface area contributed by atoms with Crippen LogP contribution < -0.4 is 14.4 Å². The standard InChI is InChI=1S/C23H23N3O6S/c1-16-12-13-22(32-3)21(14-16)25(33(30,31)18-8-5-4-6-9-18)15-23(27)24-19-10-7-11-20(17(19)2)26(28)29/h4-14H,15H2,1-3H3,(H,24,27). The summed E-state index contributed by atoms with van der Waals surface area (Å²) in [6.45, 7) is 2.73. The Kier molecular flexibility index (Phi) is 6.98. The molecule has 1 N–H and O–H groups in total. The minimum atomic E-state index is -4.14. The monoisotopic (exact) mass is 469 g/mol. The highest BCUT2D eigenvalue weighted by Gasteiger charge is 2.30. The number of ether oxygens (including phenoxy) is 1. The SMILES string of the molecule is COc1ccc(C)cc1N(CC(=O)Nc1cccc([N+](=O)[O-])c1C)S(=O)(=O)c1ccccc1. The highest BCUT2D eigenvalue weighted by molar-refractivity contribution is 7.92. The topological polar surface area (TPSA) is 119 Å². The van der Waals surface area contributed by atoms with Gasteiger partial charge in [-0.05, 0) is 49.7 Å². The van der Waals surface area contributed by atoms with Gasteiger partial charge in [0.15, 0.2) is 0 Å². The van der Waals surface area contributed by atoms with E-state index >= 15 is 0 Å². The van der Waals surface area contributed by atoms with Gasteiger partial charge in [-0.2, -0.15) is 0 Å². The third-order valence-corrected chi connectivity index (χ3v) is 6.77. The molecule has 0 atom stereocenters. The van der Waals surface area contributed by atoms with Crippen molar-refractivity contribution in [2.24, 2.45) is 0 Å². The molecule has 3 rings (SSSR count). The number of amides is 1. The second kappa shape index (κ2) is 9.70. The van der Waals surface area contributed by atoms with Crippen LogP contribution in [-0.2, 0) is 14.8 Å². The van der Waals surface area contributed by atoms with Crippen LogP contribution >= 0.6 is 0 Å². The number of nitro benzene ring substituents is 1. The Hall–Kier alpha value is -3.92. The van der Waals surface area contributed by atoms with E-state index in [9.17, 15) is 23.3 Å². The van der Waals surface area contributed by atoms with Gasteiger partial charge in [0.25, 0.3) is 15.7 Å². The summed E-state index contributed by atoms with van der Waals surface area (Å²) in [5.74, 6) is -0.388. The molecule has 0 saturated carbocycles. The lowest BCUT2D eigenvalue weighted by Gasteiger charge is -2.26. The number of rotatable bonds is 8. The molecule has 0 fully saturated rings. The normalized spacial score (nSPS) is 11.0. The molecule has 9 nitrogen and oxygen atoms in total. The Balaban J connectivity index is 2.03. The number of hydrogen-bond donors (Lipinski definition) is 1. The summed E-state index contributed by atoms with van der Waals surface area (Å²) in [4.78, 5) is 23.6. The lowest BCUT2D eigenvalue weighted by atomic mass is 10.1. The zero-order valence-corrected chi connectivity index (χ0v) is 19.1. The van der Waals surface area contributed by atoms with Crippen LogP contribution in [0.1, 0.15) is 11.1 Å². The van der Waals surface area contributed by atoms with Crippen LogP contribution in [0.15, 0.2) is 71.6 Å². The Morgan fingerprint density at radius 1 is 1.06 bits per heavy atom. The van der Waals surface area contributed by atoms with Gasteiger partial charge in [0.05, 0.1) is 33.9 Å². The Morgan fingerprint density at radius 3 is 2.39 bits per heavy atom. The number of carbonyl (C=O) groups is 1. The van der Waals surface area contributed by atoms with Gasteiger partial charge in [-0.1, -0.05) is 30.3 Å². The van der Waals surface area contributed by atoms with Crippen molar-refractivity contribution in [2.45, 2.75) is 18.7 Å². The molecule has 0 spiro atoms. The molecule has 33 heavy (non-hydrogen) atoms. The van der Waals surface area contributed by atoms with Gasteiger partial charge in [-0.15, -0.1) is 0 Å². The van der Waals surface area contributed by atoms with Crippen LogP contribution in [0.3, 0.4) is 0 Å². The lowest BCUT2D eigenvalue weighted by molar-refractivity contribution is -0.385. The summed E-state index contributed by atoms with van der Waals surface area (Å²) in [5, 5.41) is 13.8. The van der Waals surface area contributed by atoms with Crippen molar-refractivity contribution in [3.63, 3.8) is 0 Å². The van der Waals surface area contributed by atoms with E-state index in [0.717, 1.165) is 9.87 Å². The van der Waals surface area contributed by atoms with Crippen LogP contribution in [0.2, 0.25) is 0 Å². The van der Waals surface area contributed by atoms with Crippen LogP contribution in [0.5, 0.6) is 5.75 Å². The predicted molar refractivity (Wildman–Crippen MR) is 125 cm³/mol. The predicted octanol–water partition coefficient (Wildman–Crippen LogP) is 4.05. The van der Waals surface area contributed by atoms with Gasteiger partial charge in [0, 0.05) is 6.07 Å². The molecule has 0 aromatic heterocycles. The van der Waals surface area contributed by atoms with Crippen LogP contribution in [0.4, 0.5) is 17.1 Å². The first-order chi connectivity index (χ1) is 15.6. The van der Waals surface area contributed by atoms with Gasteiger partial charge >= 0.3 is 0 Å². The number of nitrogens with zero attached hydrogens (tertiary/aromatic N) is 2. The third-order valence-electron chi connectivity index (χ3n) is 5.00. The quantitative estimate of drug-likeness (QED) is 0.393. The molecule has 172 valence electrons. The number of nitro groups is 1. The van der Waals surface area contributed by atoms with E-state index in [0.29, 0.717) is 0 Å². The minimum Gasteiger partial charge on any atom is -0.495 e. The molecule has 0 aliphatic carbocycles. The van der Waals surface area contributed by atoms with Crippen LogP contribution in [0, 0.1) is 24.0 Å². The molecule has 0 unspecified atom stereocenters. The molecule has 0 heterocycles. The number of carbonyl (C=O) groups excluding carboxylic acids is 1. The molecule has 3 aromatic rings. The molecule has 0 aliphatic heterocycles. The van der Waals surface area contributed by atoms with Gasteiger partial charge in [0.1, 0.15) is 12.3 Å². The highest BCUT2D eigenvalue weighted by Crippen LogP contribution is 2.33. The summed E-state index contributed by atoms with van der Waals surface area (Å²) >= 11 is 0. The molecule has 3 aromatic carbocycles. The zero-order chi connectivity index (χ0) is 24.2. The first-order valence-corrected chi connectivity index (χ1v) is 11.4. The molecular formula is C23H23N3O6S. The number of sulfonamides is 1. The summed E-state index contributed by atoms with van der Waals surface area (Å²) in [6, 6.07) is 17.0. The van der Waals surface area contributed by atoms with Crippen LogP contribution in [0.25, 0.3) is 0 Å². The molecule has 0 bridgehead atoms. The zero-order valence-electron chi connectivity index (χ0n) is 18.3. The molecule has 0 aliphatic rings. The highest BCUT2D eigenvalue weighted by atomic mass is 32.2. The minimum absolute atomic E-state index is 0.00730. The number of anilines is 2. The van der Waals surface area contributed by atoms with Crippen molar-refractivity contribution in [3.8, 4) is 5.75 Å². The molecule has 0 radical (unpaired) electrons. The second-order valence-electron chi connectivity index (χ2n) is 7.26. The fourth-order valence-corrected chi connectivity index (χ4v) is 4.74. The number of nitrogens with one attached hydrogen (secondary N) is 1. The van der Waals surface area contributed by atoms with Crippen LogP contribution in [-0.4, -0.2) is 32.9 Å². The van der Waals surface area contributed by atoms with Gasteiger partial charge < -0.3 is 10.1 Å². The van der Waals surface area contributed by atoms with Crippen molar-refractivity contribution in [2.75, 3.05) is 23.3 Å². The Labute approximate surface area is 191 Å². The second-order valence-corrected chi connectivity index (χ2v) is 9.12. The first kappa shape index (κ1) is 23.7. The maximum Gasteiger partial charge on any atom is 0.274 e.